The quantitative estimate of drug-likeness (QED) is 0.731. The highest BCUT2D eigenvalue weighted by molar-refractivity contribution is 6.07. The van der Waals surface area contributed by atoms with E-state index in [0.29, 0.717) is 12.0 Å². The van der Waals surface area contributed by atoms with E-state index in [9.17, 15) is 4.79 Å². The van der Waals surface area contributed by atoms with Crippen molar-refractivity contribution in [3.05, 3.63) is 23.4 Å². The van der Waals surface area contributed by atoms with E-state index in [-0.39, 0.29) is 11.6 Å². The minimum atomic E-state index is -0.873. The summed E-state index contributed by atoms with van der Waals surface area (Å²) in [6.07, 6.45) is 2.15. The number of anilines is 1. The van der Waals surface area contributed by atoms with E-state index in [1.165, 1.54) is 0 Å². The van der Waals surface area contributed by atoms with Crippen molar-refractivity contribution in [2.24, 2.45) is 5.73 Å². The van der Waals surface area contributed by atoms with Gasteiger partial charge in [0, 0.05) is 6.20 Å². The molecule has 1 aromatic heterocycles. The zero-order valence-corrected chi connectivity index (χ0v) is 9.37. The van der Waals surface area contributed by atoms with Gasteiger partial charge in [-0.05, 0) is 31.9 Å². The summed E-state index contributed by atoms with van der Waals surface area (Å²) in [6.45, 7) is 5.41. The number of Topliss-reactive ketones (excluding diaryl/α,β-unsaturated/α-hetero) is 1. The minimum absolute atomic E-state index is 0.145. The smallest absolute Gasteiger partial charge is 0.186 e. The van der Waals surface area contributed by atoms with Crippen LogP contribution in [0.3, 0.4) is 0 Å². The van der Waals surface area contributed by atoms with Gasteiger partial charge in [0.25, 0.3) is 0 Å². The molecule has 0 aliphatic rings. The lowest BCUT2D eigenvalue weighted by atomic mass is 9.88. The van der Waals surface area contributed by atoms with E-state index in [2.05, 4.69) is 4.98 Å². The van der Waals surface area contributed by atoms with E-state index in [4.69, 9.17) is 11.5 Å². The molecule has 15 heavy (non-hydrogen) atoms. The van der Waals surface area contributed by atoms with Crippen LogP contribution in [0.1, 0.15) is 36.2 Å². The lowest BCUT2D eigenvalue weighted by Crippen LogP contribution is -2.44. The maximum Gasteiger partial charge on any atom is 0.186 e. The largest absolute Gasteiger partial charge is 0.383 e. The van der Waals surface area contributed by atoms with Gasteiger partial charge in [0.05, 0.1) is 11.1 Å². The lowest BCUT2D eigenvalue weighted by Gasteiger charge is -2.22. The number of ketones is 1. The summed E-state index contributed by atoms with van der Waals surface area (Å²) in [5.41, 5.74) is 12.0. The molecular formula is C11H17N3O. The van der Waals surface area contributed by atoms with Crippen molar-refractivity contribution >= 4 is 11.6 Å². The average Bonchev–Trinajstić information content (AvgIpc) is 2.17. The summed E-state index contributed by atoms with van der Waals surface area (Å²) >= 11 is 0. The molecule has 1 unspecified atom stereocenters. The Morgan fingerprint density at radius 3 is 2.67 bits per heavy atom. The maximum atomic E-state index is 12.1. The van der Waals surface area contributed by atoms with Gasteiger partial charge < -0.3 is 11.5 Å². The Morgan fingerprint density at radius 1 is 1.60 bits per heavy atom. The van der Waals surface area contributed by atoms with Gasteiger partial charge >= 0.3 is 0 Å². The van der Waals surface area contributed by atoms with Crippen LogP contribution in [-0.2, 0) is 0 Å². The second kappa shape index (κ2) is 3.98. The van der Waals surface area contributed by atoms with Crippen LogP contribution in [0.25, 0.3) is 0 Å². The average molecular weight is 207 g/mol. The summed E-state index contributed by atoms with van der Waals surface area (Å²) in [5, 5.41) is 0. The van der Waals surface area contributed by atoms with Crippen molar-refractivity contribution in [1.82, 2.24) is 4.98 Å². The van der Waals surface area contributed by atoms with E-state index < -0.39 is 5.54 Å². The molecule has 0 radical (unpaired) electrons. The van der Waals surface area contributed by atoms with Crippen LogP contribution in [0.5, 0.6) is 0 Å². The Kier molecular flexibility index (Phi) is 3.09. The standard InChI is InChI=1S/C11H17N3O/c1-4-11(3,13)9(15)8-7(2)5-6-14-10(8)12/h5-6H,4,13H2,1-3H3,(H2,12,14). The molecule has 0 bridgehead atoms. The highest BCUT2D eigenvalue weighted by atomic mass is 16.1. The van der Waals surface area contributed by atoms with Crippen LogP contribution in [-0.4, -0.2) is 16.3 Å². The van der Waals surface area contributed by atoms with E-state index in [0.717, 1.165) is 5.56 Å². The van der Waals surface area contributed by atoms with Gasteiger partial charge in [0.2, 0.25) is 0 Å². The fraction of sp³-hybridized carbons (Fsp3) is 0.455. The molecule has 0 spiro atoms. The minimum Gasteiger partial charge on any atom is -0.383 e. The van der Waals surface area contributed by atoms with E-state index >= 15 is 0 Å². The van der Waals surface area contributed by atoms with Crippen LogP contribution in [0.4, 0.5) is 5.82 Å². The number of nitrogens with zero attached hydrogens (tertiary/aromatic N) is 1. The molecule has 1 heterocycles. The first-order valence-corrected chi connectivity index (χ1v) is 4.95. The predicted octanol–water partition coefficient (Wildman–Crippen LogP) is 1.28. The molecule has 4 heteroatoms. The van der Waals surface area contributed by atoms with Gasteiger partial charge in [0.15, 0.2) is 5.78 Å². The van der Waals surface area contributed by atoms with Gasteiger partial charge in [-0.25, -0.2) is 4.98 Å². The Labute approximate surface area is 89.7 Å². The first-order valence-electron chi connectivity index (χ1n) is 4.95. The highest BCUT2D eigenvalue weighted by Crippen LogP contribution is 2.21. The summed E-state index contributed by atoms with van der Waals surface area (Å²) in [4.78, 5) is 16.0. The number of carbonyl (C=O) groups is 1. The van der Waals surface area contributed by atoms with Crippen molar-refractivity contribution in [3.8, 4) is 0 Å². The molecule has 0 saturated carbocycles. The van der Waals surface area contributed by atoms with Crippen LogP contribution in [0.15, 0.2) is 12.3 Å². The second-order valence-electron chi connectivity index (χ2n) is 3.99. The van der Waals surface area contributed by atoms with Gasteiger partial charge in [-0.1, -0.05) is 6.92 Å². The number of pyridine rings is 1. The first-order chi connectivity index (χ1) is 6.90. The topological polar surface area (TPSA) is 82.0 Å². The fourth-order valence-corrected chi connectivity index (χ4v) is 1.32. The second-order valence-corrected chi connectivity index (χ2v) is 3.99. The molecule has 0 fully saturated rings. The van der Waals surface area contributed by atoms with Gasteiger partial charge in [-0.15, -0.1) is 0 Å². The Balaban J connectivity index is 3.23. The highest BCUT2D eigenvalue weighted by Gasteiger charge is 2.29. The molecule has 1 atom stereocenters. The third-order valence-electron chi connectivity index (χ3n) is 2.67. The van der Waals surface area contributed by atoms with Crippen LogP contribution >= 0.6 is 0 Å². The van der Waals surface area contributed by atoms with Gasteiger partial charge in [-0.2, -0.15) is 0 Å². The molecule has 0 aromatic carbocycles. The van der Waals surface area contributed by atoms with E-state index in [1.807, 2.05) is 13.8 Å². The number of nitrogen functional groups attached to an aromatic ring is 1. The van der Waals surface area contributed by atoms with Crippen LogP contribution in [0, 0.1) is 6.92 Å². The maximum absolute atomic E-state index is 12.1. The summed E-state index contributed by atoms with van der Waals surface area (Å²) < 4.78 is 0. The summed E-state index contributed by atoms with van der Waals surface area (Å²) in [5.74, 6) is 0.109. The molecule has 1 aromatic rings. The van der Waals surface area contributed by atoms with Crippen molar-refractivity contribution in [2.75, 3.05) is 5.73 Å². The Bertz CT molecular complexity index is 365. The molecule has 0 saturated heterocycles. The fourth-order valence-electron chi connectivity index (χ4n) is 1.32. The number of hydrogen-bond donors (Lipinski definition) is 2. The number of nitrogens with two attached hydrogens (primary N) is 2. The third-order valence-corrected chi connectivity index (χ3v) is 2.67. The summed E-state index contributed by atoms with van der Waals surface area (Å²) in [6, 6.07) is 1.76. The molecule has 4 N–H and O–H groups in total. The number of carbonyl (C=O) groups excluding carboxylic acids is 1. The molecule has 0 aliphatic carbocycles. The van der Waals surface area contributed by atoms with E-state index in [1.54, 1.807) is 19.2 Å². The molecule has 0 aliphatic heterocycles. The first kappa shape index (κ1) is 11.7. The lowest BCUT2D eigenvalue weighted by molar-refractivity contribution is 0.0898. The summed E-state index contributed by atoms with van der Waals surface area (Å²) in [7, 11) is 0. The van der Waals surface area contributed by atoms with Gasteiger partial charge in [-0.3, -0.25) is 4.79 Å². The zero-order valence-electron chi connectivity index (χ0n) is 9.37. The Hall–Kier alpha value is -1.42. The predicted molar refractivity (Wildman–Crippen MR) is 60.6 cm³/mol. The normalized spacial score (nSPS) is 14.7. The SMILES string of the molecule is CCC(C)(N)C(=O)c1c(C)ccnc1N. The van der Waals surface area contributed by atoms with Crippen LogP contribution < -0.4 is 11.5 Å². The van der Waals surface area contributed by atoms with Gasteiger partial charge in [0.1, 0.15) is 5.82 Å². The molecule has 82 valence electrons. The number of aromatic nitrogens is 1. The molecule has 0 amide bonds. The van der Waals surface area contributed by atoms with Crippen molar-refractivity contribution in [2.45, 2.75) is 32.7 Å². The number of aryl methyl sites for hydroxylation is 1. The van der Waals surface area contributed by atoms with Crippen molar-refractivity contribution in [1.29, 1.82) is 0 Å². The monoisotopic (exact) mass is 207 g/mol. The third kappa shape index (κ3) is 2.15. The van der Waals surface area contributed by atoms with Crippen LogP contribution in [0.2, 0.25) is 0 Å². The number of hydrogen-bond acceptors (Lipinski definition) is 4. The molecular weight excluding hydrogens is 190 g/mol. The molecule has 1 rings (SSSR count). The number of rotatable bonds is 3. The van der Waals surface area contributed by atoms with Crippen molar-refractivity contribution in [3.63, 3.8) is 0 Å². The zero-order chi connectivity index (χ0) is 11.6. The van der Waals surface area contributed by atoms with Crippen molar-refractivity contribution < 1.29 is 4.79 Å². The Morgan fingerprint density at radius 2 is 2.20 bits per heavy atom. The molecule has 4 nitrogen and oxygen atoms in total.